The molecule has 1 aromatic rings. The number of aromatic nitrogens is 2. The number of cyclic esters (lactones) is 1. The molecule has 1 saturated heterocycles. The number of ether oxygens (including phenoxy) is 2. The molecule has 0 spiro atoms. The second-order valence-electron chi connectivity index (χ2n) is 4.53. The molecular formula is C12H14ClN3O4. The van der Waals surface area contributed by atoms with Gasteiger partial charge in [-0.05, 0) is 19.1 Å². The van der Waals surface area contributed by atoms with Crippen LogP contribution in [0.25, 0.3) is 0 Å². The summed E-state index contributed by atoms with van der Waals surface area (Å²) in [6.07, 6.45) is -0.656. The van der Waals surface area contributed by atoms with E-state index in [-0.39, 0.29) is 17.8 Å². The summed E-state index contributed by atoms with van der Waals surface area (Å²) < 4.78 is 9.99. The molecule has 2 rings (SSSR count). The predicted octanol–water partition coefficient (Wildman–Crippen LogP) is 0.813. The number of rotatable bonds is 4. The number of halogens is 1. The first-order valence-corrected chi connectivity index (χ1v) is 6.44. The zero-order valence-electron chi connectivity index (χ0n) is 11.1. The molecule has 1 aliphatic heterocycles. The van der Waals surface area contributed by atoms with E-state index in [1.807, 2.05) is 0 Å². The quantitative estimate of drug-likeness (QED) is 0.761. The zero-order valence-corrected chi connectivity index (χ0v) is 11.8. The average Bonchev–Trinajstić information content (AvgIpc) is 2.68. The van der Waals surface area contributed by atoms with E-state index in [4.69, 9.17) is 21.1 Å². The Bertz CT molecular complexity index is 508. The standard InChI is InChI=1S/C12H14ClN3O4/c1-7-5-8(12(18)19-7)20-11(17)6-16(2)10-4-3-9(13)14-15-10/h3-4,7-8H,5-6H2,1-2H3/t7-,8-/m1/s1. The molecule has 1 aromatic heterocycles. The van der Waals surface area contributed by atoms with Crippen molar-refractivity contribution in [2.45, 2.75) is 25.6 Å². The van der Waals surface area contributed by atoms with Crippen molar-refractivity contribution < 1.29 is 19.1 Å². The summed E-state index contributed by atoms with van der Waals surface area (Å²) in [5.74, 6) is -0.547. The van der Waals surface area contributed by atoms with Gasteiger partial charge in [-0.25, -0.2) is 4.79 Å². The van der Waals surface area contributed by atoms with E-state index in [9.17, 15) is 9.59 Å². The molecule has 0 bridgehead atoms. The van der Waals surface area contributed by atoms with Crippen LogP contribution in [0.15, 0.2) is 12.1 Å². The Morgan fingerprint density at radius 1 is 1.55 bits per heavy atom. The van der Waals surface area contributed by atoms with Crippen LogP contribution in [0.4, 0.5) is 5.82 Å². The monoisotopic (exact) mass is 299 g/mol. The van der Waals surface area contributed by atoms with Gasteiger partial charge in [-0.1, -0.05) is 11.6 Å². The summed E-state index contributed by atoms with van der Waals surface area (Å²) in [6.45, 7) is 1.70. The summed E-state index contributed by atoms with van der Waals surface area (Å²) in [5, 5.41) is 7.79. The fraction of sp³-hybridized carbons (Fsp3) is 0.500. The SMILES string of the molecule is C[C@@H]1C[C@@H](OC(=O)CN(C)c2ccc(Cl)nn2)C(=O)O1. The van der Waals surface area contributed by atoms with Crippen LogP contribution in [-0.2, 0) is 19.1 Å². The van der Waals surface area contributed by atoms with Crippen molar-refractivity contribution in [1.29, 1.82) is 0 Å². The number of carbonyl (C=O) groups is 2. The van der Waals surface area contributed by atoms with Crippen molar-refractivity contribution in [3.05, 3.63) is 17.3 Å². The van der Waals surface area contributed by atoms with Crippen LogP contribution >= 0.6 is 11.6 Å². The van der Waals surface area contributed by atoms with E-state index in [1.54, 1.807) is 31.0 Å². The lowest BCUT2D eigenvalue weighted by molar-refractivity contribution is -0.159. The van der Waals surface area contributed by atoms with E-state index < -0.39 is 18.0 Å². The third kappa shape index (κ3) is 3.57. The van der Waals surface area contributed by atoms with Crippen molar-refractivity contribution in [3.63, 3.8) is 0 Å². The molecule has 1 aliphatic rings. The summed E-state index contributed by atoms with van der Waals surface area (Å²) >= 11 is 5.63. The van der Waals surface area contributed by atoms with Crippen LogP contribution in [0, 0.1) is 0 Å². The smallest absolute Gasteiger partial charge is 0.347 e. The Kier molecular flexibility index (Phi) is 4.39. The first-order valence-electron chi connectivity index (χ1n) is 6.06. The molecule has 20 heavy (non-hydrogen) atoms. The maximum Gasteiger partial charge on any atom is 0.347 e. The van der Waals surface area contributed by atoms with Gasteiger partial charge in [-0.3, -0.25) is 4.79 Å². The molecular weight excluding hydrogens is 286 g/mol. The van der Waals surface area contributed by atoms with Crippen molar-refractivity contribution >= 4 is 29.4 Å². The third-order valence-corrected chi connectivity index (χ3v) is 2.98. The Balaban J connectivity index is 1.88. The van der Waals surface area contributed by atoms with Crippen molar-refractivity contribution in [2.24, 2.45) is 0 Å². The maximum absolute atomic E-state index is 11.8. The van der Waals surface area contributed by atoms with Crippen LogP contribution in [-0.4, -0.2) is 47.9 Å². The molecule has 0 amide bonds. The van der Waals surface area contributed by atoms with Gasteiger partial charge in [0.05, 0.1) is 0 Å². The first kappa shape index (κ1) is 14.5. The van der Waals surface area contributed by atoms with Crippen LogP contribution in [0.2, 0.25) is 5.15 Å². The fourth-order valence-corrected chi connectivity index (χ4v) is 1.90. The number of hydrogen-bond acceptors (Lipinski definition) is 7. The minimum atomic E-state index is -0.817. The Labute approximate surface area is 120 Å². The lowest BCUT2D eigenvalue weighted by atomic mass is 10.2. The van der Waals surface area contributed by atoms with E-state index in [2.05, 4.69) is 10.2 Å². The summed E-state index contributed by atoms with van der Waals surface area (Å²) in [5.41, 5.74) is 0. The van der Waals surface area contributed by atoms with E-state index in [0.29, 0.717) is 12.2 Å². The Morgan fingerprint density at radius 3 is 2.85 bits per heavy atom. The minimum absolute atomic E-state index is 0.0471. The Morgan fingerprint density at radius 2 is 2.30 bits per heavy atom. The number of nitrogens with zero attached hydrogens (tertiary/aromatic N) is 3. The zero-order chi connectivity index (χ0) is 14.7. The normalized spacial score (nSPS) is 21.4. The van der Waals surface area contributed by atoms with Crippen molar-refractivity contribution in [2.75, 3.05) is 18.5 Å². The van der Waals surface area contributed by atoms with Crippen LogP contribution in [0.5, 0.6) is 0 Å². The van der Waals surface area contributed by atoms with Gasteiger partial charge in [-0.15, -0.1) is 10.2 Å². The highest BCUT2D eigenvalue weighted by atomic mass is 35.5. The highest BCUT2D eigenvalue weighted by molar-refractivity contribution is 6.29. The van der Waals surface area contributed by atoms with E-state index in [1.165, 1.54) is 0 Å². The van der Waals surface area contributed by atoms with E-state index in [0.717, 1.165) is 0 Å². The maximum atomic E-state index is 11.8. The van der Waals surface area contributed by atoms with Crippen molar-refractivity contribution in [1.82, 2.24) is 10.2 Å². The third-order valence-electron chi connectivity index (χ3n) is 2.78. The van der Waals surface area contributed by atoms with Gasteiger partial charge in [0.15, 0.2) is 11.0 Å². The predicted molar refractivity (Wildman–Crippen MR) is 70.4 cm³/mol. The van der Waals surface area contributed by atoms with Gasteiger partial charge in [0.25, 0.3) is 0 Å². The van der Waals surface area contributed by atoms with Crippen LogP contribution in [0.3, 0.4) is 0 Å². The van der Waals surface area contributed by atoms with Gasteiger partial charge in [0, 0.05) is 13.5 Å². The molecule has 0 N–H and O–H groups in total. The molecule has 1 fully saturated rings. The lowest BCUT2D eigenvalue weighted by Crippen LogP contribution is -2.32. The summed E-state index contributed by atoms with van der Waals surface area (Å²) in [6, 6.07) is 3.20. The molecule has 0 aliphatic carbocycles. The van der Waals surface area contributed by atoms with Gasteiger partial charge in [-0.2, -0.15) is 0 Å². The van der Waals surface area contributed by atoms with Crippen molar-refractivity contribution in [3.8, 4) is 0 Å². The number of anilines is 1. The van der Waals surface area contributed by atoms with Crippen LogP contribution in [0.1, 0.15) is 13.3 Å². The highest BCUT2D eigenvalue weighted by Crippen LogP contribution is 2.18. The number of carbonyl (C=O) groups excluding carboxylic acids is 2. The highest BCUT2D eigenvalue weighted by Gasteiger charge is 2.35. The second-order valence-corrected chi connectivity index (χ2v) is 4.92. The number of hydrogen-bond donors (Lipinski definition) is 0. The fourth-order valence-electron chi connectivity index (χ4n) is 1.80. The molecule has 0 radical (unpaired) electrons. The topological polar surface area (TPSA) is 81.6 Å². The Hall–Kier alpha value is -1.89. The molecule has 2 heterocycles. The van der Waals surface area contributed by atoms with Gasteiger partial charge in [0.2, 0.25) is 6.10 Å². The number of esters is 2. The first-order chi connectivity index (χ1) is 9.45. The second kappa shape index (κ2) is 6.04. The van der Waals surface area contributed by atoms with Gasteiger partial charge >= 0.3 is 11.9 Å². The summed E-state index contributed by atoms with van der Waals surface area (Å²) in [7, 11) is 1.66. The van der Waals surface area contributed by atoms with Gasteiger partial charge in [0.1, 0.15) is 12.6 Å². The lowest BCUT2D eigenvalue weighted by Gasteiger charge is -2.17. The molecule has 2 atom stereocenters. The molecule has 0 aromatic carbocycles. The molecule has 108 valence electrons. The largest absolute Gasteiger partial charge is 0.460 e. The molecule has 0 unspecified atom stereocenters. The number of likely N-dealkylation sites (N-methyl/N-ethyl adjacent to an activating group) is 1. The molecule has 7 nitrogen and oxygen atoms in total. The molecule has 8 heteroatoms. The average molecular weight is 300 g/mol. The molecule has 0 saturated carbocycles. The van der Waals surface area contributed by atoms with Gasteiger partial charge < -0.3 is 14.4 Å². The minimum Gasteiger partial charge on any atom is -0.460 e. The van der Waals surface area contributed by atoms with Crippen LogP contribution < -0.4 is 4.90 Å². The summed E-state index contributed by atoms with van der Waals surface area (Å²) in [4.78, 5) is 24.7. The van der Waals surface area contributed by atoms with E-state index >= 15 is 0 Å².